The third-order valence-electron chi connectivity index (χ3n) is 3.60. The molecule has 0 aliphatic heterocycles. The Labute approximate surface area is 117 Å². The largest absolute Gasteiger partial charge is 0.381 e. The zero-order valence-corrected chi connectivity index (χ0v) is 11.3. The van der Waals surface area contributed by atoms with Gasteiger partial charge in [-0.15, -0.1) is 0 Å². The van der Waals surface area contributed by atoms with Crippen LogP contribution in [0.5, 0.6) is 0 Å². The maximum absolute atomic E-state index is 5.92. The molecule has 1 saturated carbocycles. The van der Waals surface area contributed by atoms with Gasteiger partial charge in [-0.3, -0.25) is 0 Å². The van der Waals surface area contributed by atoms with Gasteiger partial charge in [0, 0.05) is 24.0 Å². The van der Waals surface area contributed by atoms with Gasteiger partial charge in [-0.1, -0.05) is 19.3 Å². The van der Waals surface area contributed by atoms with E-state index in [1.165, 1.54) is 38.4 Å². The number of hydrogen-bond acceptors (Lipinski definition) is 6. The molecule has 2 heterocycles. The minimum atomic E-state index is 0.441. The van der Waals surface area contributed by atoms with Gasteiger partial charge < -0.3 is 11.1 Å². The topological polar surface area (TPSA) is 89.6 Å². The molecule has 1 aliphatic rings. The number of nitrogen functional groups attached to an aromatic ring is 1. The van der Waals surface area contributed by atoms with E-state index in [1.807, 2.05) is 0 Å². The molecule has 0 atom stereocenters. The lowest BCUT2D eigenvalue weighted by Gasteiger charge is -2.23. The van der Waals surface area contributed by atoms with Crippen LogP contribution in [0.25, 0.3) is 11.3 Å². The average molecular weight is 270 g/mol. The molecule has 0 amide bonds. The summed E-state index contributed by atoms with van der Waals surface area (Å²) < 4.78 is 0. The van der Waals surface area contributed by atoms with Crippen molar-refractivity contribution in [1.82, 2.24) is 19.9 Å². The fraction of sp³-hybridized carbons (Fsp3) is 0.429. The van der Waals surface area contributed by atoms with Crippen molar-refractivity contribution in [2.24, 2.45) is 0 Å². The summed E-state index contributed by atoms with van der Waals surface area (Å²) in [5.74, 6) is 1.11. The molecule has 0 spiro atoms. The minimum absolute atomic E-state index is 0.441. The van der Waals surface area contributed by atoms with Gasteiger partial charge in [-0.2, -0.15) is 0 Å². The molecule has 3 N–H and O–H groups in total. The quantitative estimate of drug-likeness (QED) is 0.889. The Balaban J connectivity index is 1.83. The van der Waals surface area contributed by atoms with E-state index < -0.39 is 0 Å². The highest BCUT2D eigenvalue weighted by molar-refractivity contribution is 5.64. The summed E-state index contributed by atoms with van der Waals surface area (Å²) in [5, 5.41) is 3.42. The van der Waals surface area contributed by atoms with Gasteiger partial charge >= 0.3 is 0 Å². The smallest absolute Gasteiger partial charge is 0.169 e. The molecule has 2 aromatic heterocycles. The van der Waals surface area contributed by atoms with Crippen molar-refractivity contribution >= 4 is 11.6 Å². The normalized spacial score (nSPS) is 16.0. The number of anilines is 2. The van der Waals surface area contributed by atoms with Crippen molar-refractivity contribution < 1.29 is 0 Å². The van der Waals surface area contributed by atoms with Gasteiger partial charge in [0.15, 0.2) is 11.6 Å². The van der Waals surface area contributed by atoms with Gasteiger partial charge in [0.25, 0.3) is 0 Å². The van der Waals surface area contributed by atoms with Crippen LogP contribution < -0.4 is 11.1 Å². The molecule has 6 nitrogen and oxygen atoms in total. The van der Waals surface area contributed by atoms with Crippen molar-refractivity contribution in [3.8, 4) is 11.3 Å². The molecule has 0 bridgehead atoms. The maximum Gasteiger partial charge on any atom is 0.169 e. The first kappa shape index (κ1) is 12.8. The second-order valence-corrected chi connectivity index (χ2v) is 5.10. The SMILES string of the molecule is Nc1ncc(-c2cncnc2)nc1NC1CCCCC1. The standard InChI is InChI=1S/C14H18N6/c15-13-14(19-11-4-2-1-3-5-11)20-12(8-18-13)10-6-16-9-17-7-10/h6-9,11H,1-5H2,(H2,15,18)(H,19,20). The first-order chi connectivity index (χ1) is 9.83. The number of hydrogen-bond donors (Lipinski definition) is 2. The maximum atomic E-state index is 5.92. The summed E-state index contributed by atoms with van der Waals surface area (Å²) in [6, 6.07) is 0.447. The summed E-state index contributed by atoms with van der Waals surface area (Å²) >= 11 is 0. The highest BCUT2D eigenvalue weighted by Crippen LogP contribution is 2.24. The molecule has 6 heteroatoms. The fourth-order valence-corrected chi connectivity index (χ4v) is 2.52. The van der Waals surface area contributed by atoms with Crippen LogP contribution in [-0.2, 0) is 0 Å². The van der Waals surface area contributed by atoms with E-state index in [-0.39, 0.29) is 0 Å². The monoisotopic (exact) mass is 270 g/mol. The van der Waals surface area contributed by atoms with Gasteiger partial charge in [0.2, 0.25) is 0 Å². The molecule has 1 aliphatic carbocycles. The minimum Gasteiger partial charge on any atom is -0.381 e. The second-order valence-electron chi connectivity index (χ2n) is 5.10. The highest BCUT2D eigenvalue weighted by atomic mass is 15.1. The van der Waals surface area contributed by atoms with E-state index in [2.05, 4.69) is 25.3 Å². The predicted molar refractivity (Wildman–Crippen MR) is 78.0 cm³/mol. The first-order valence-electron chi connectivity index (χ1n) is 6.97. The summed E-state index contributed by atoms with van der Waals surface area (Å²) in [5.41, 5.74) is 7.49. The van der Waals surface area contributed by atoms with Crippen LogP contribution >= 0.6 is 0 Å². The van der Waals surface area contributed by atoms with Gasteiger partial charge in [-0.25, -0.2) is 19.9 Å². The third-order valence-corrected chi connectivity index (χ3v) is 3.60. The zero-order chi connectivity index (χ0) is 13.8. The lowest BCUT2D eigenvalue weighted by atomic mass is 9.95. The van der Waals surface area contributed by atoms with Gasteiger partial charge in [-0.05, 0) is 12.8 Å². The third kappa shape index (κ3) is 2.84. The van der Waals surface area contributed by atoms with Crippen LogP contribution in [-0.4, -0.2) is 26.0 Å². The van der Waals surface area contributed by atoms with E-state index in [0.29, 0.717) is 17.7 Å². The Morgan fingerprint density at radius 3 is 2.55 bits per heavy atom. The van der Waals surface area contributed by atoms with Crippen LogP contribution in [0, 0.1) is 0 Å². The van der Waals surface area contributed by atoms with Crippen molar-refractivity contribution in [1.29, 1.82) is 0 Å². The van der Waals surface area contributed by atoms with Crippen LogP contribution in [0.2, 0.25) is 0 Å². The Kier molecular flexibility index (Phi) is 3.71. The van der Waals surface area contributed by atoms with Crippen molar-refractivity contribution in [3.05, 3.63) is 24.9 Å². The van der Waals surface area contributed by atoms with E-state index in [4.69, 9.17) is 5.73 Å². The van der Waals surface area contributed by atoms with Crippen LogP contribution in [0.4, 0.5) is 11.6 Å². The summed E-state index contributed by atoms with van der Waals surface area (Å²) in [6.07, 6.45) is 12.8. The Morgan fingerprint density at radius 1 is 1.05 bits per heavy atom. The van der Waals surface area contributed by atoms with E-state index in [0.717, 1.165) is 11.3 Å². The van der Waals surface area contributed by atoms with Crippen LogP contribution in [0.1, 0.15) is 32.1 Å². The zero-order valence-electron chi connectivity index (χ0n) is 11.3. The van der Waals surface area contributed by atoms with Gasteiger partial charge in [0.1, 0.15) is 6.33 Å². The number of rotatable bonds is 3. The molecule has 0 saturated heterocycles. The summed E-state index contributed by atoms with van der Waals surface area (Å²) in [4.78, 5) is 16.8. The molecule has 2 aromatic rings. The molecule has 0 aromatic carbocycles. The molecular formula is C14H18N6. The van der Waals surface area contributed by atoms with Crippen molar-refractivity contribution in [2.75, 3.05) is 11.1 Å². The van der Waals surface area contributed by atoms with E-state index in [9.17, 15) is 0 Å². The van der Waals surface area contributed by atoms with E-state index >= 15 is 0 Å². The van der Waals surface area contributed by atoms with Crippen LogP contribution in [0.15, 0.2) is 24.9 Å². The Morgan fingerprint density at radius 2 is 1.80 bits per heavy atom. The molecule has 104 valence electrons. The molecule has 3 rings (SSSR count). The average Bonchev–Trinajstić information content (AvgIpc) is 2.51. The number of nitrogens with two attached hydrogens (primary N) is 1. The molecule has 20 heavy (non-hydrogen) atoms. The second kappa shape index (κ2) is 5.81. The number of nitrogens with one attached hydrogen (secondary N) is 1. The number of aromatic nitrogens is 4. The Hall–Kier alpha value is -2.24. The molecular weight excluding hydrogens is 252 g/mol. The Bertz CT molecular complexity index is 565. The predicted octanol–water partition coefficient (Wildman–Crippen LogP) is 2.26. The molecule has 0 radical (unpaired) electrons. The lowest BCUT2D eigenvalue weighted by molar-refractivity contribution is 0.462. The van der Waals surface area contributed by atoms with E-state index in [1.54, 1.807) is 18.6 Å². The molecule has 1 fully saturated rings. The lowest BCUT2D eigenvalue weighted by Crippen LogP contribution is -2.23. The van der Waals surface area contributed by atoms with Crippen molar-refractivity contribution in [3.63, 3.8) is 0 Å². The highest BCUT2D eigenvalue weighted by Gasteiger charge is 2.15. The van der Waals surface area contributed by atoms with Crippen molar-refractivity contribution in [2.45, 2.75) is 38.1 Å². The van der Waals surface area contributed by atoms with Crippen LogP contribution in [0.3, 0.4) is 0 Å². The summed E-state index contributed by atoms with van der Waals surface area (Å²) in [6.45, 7) is 0. The number of nitrogens with zero attached hydrogens (tertiary/aromatic N) is 4. The summed E-state index contributed by atoms with van der Waals surface area (Å²) in [7, 11) is 0. The fourth-order valence-electron chi connectivity index (χ4n) is 2.52. The molecule has 0 unspecified atom stereocenters. The first-order valence-corrected chi connectivity index (χ1v) is 6.97. The van der Waals surface area contributed by atoms with Gasteiger partial charge in [0.05, 0.1) is 11.9 Å².